The van der Waals surface area contributed by atoms with Crippen LogP contribution in [0.3, 0.4) is 0 Å². The topological polar surface area (TPSA) is 75.6 Å². The second-order valence-electron chi connectivity index (χ2n) is 9.12. The van der Waals surface area contributed by atoms with E-state index in [1.54, 1.807) is 0 Å². The Balaban J connectivity index is 1.45. The summed E-state index contributed by atoms with van der Waals surface area (Å²) >= 11 is 0. The number of aryl methyl sites for hydroxylation is 1. The first-order valence-electron chi connectivity index (χ1n) is 11.6. The van der Waals surface area contributed by atoms with Gasteiger partial charge in [-0.05, 0) is 44.2 Å². The number of carbonyl (C=O) groups excluding carboxylic acids is 2. The van der Waals surface area contributed by atoms with Crippen LogP contribution in [0.15, 0.2) is 30.3 Å². The molecular weight excluding hydrogens is 404 g/mol. The summed E-state index contributed by atoms with van der Waals surface area (Å²) in [5.74, 6) is 2.91. The molecule has 0 radical (unpaired) electrons. The monoisotopic (exact) mass is 436 g/mol. The lowest BCUT2D eigenvalue weighted by Crippen LogP contribution is -2.38. The van der Waals surface area contributed by atoms with Gasteiger partial charge in [0.05, 0.1) is 0 Å². The number of fused-ring (bicyclic) bond motifs is 1. The summed E-state index contributed by atoms with van der Waals surface area (Å²) in [6.07, 6.45) is 2.97. The number of hydrogen-bond acceptors (Lipinski definition) is 5. The lowest BCUT2D eigenvalue weighted by molar-refractivity contribution is -0.132. The molecule has 3 heterocycles. The number of anilines is 1. The molecule has 1 fully saturated rings. The highest BCUT2D eigenvalue weighted by Gasteiger charge is 2.33. The van der Waals surface area contributed by atoms with E-state index in [9.17, 15) is 9.59 Å². The number of ether oxygens (including phenoxy) is 1. The first-order chi connectivity index (χ1) is 15.4. The molecule has 0 N–H and O–H groups in total. The van der Waals surface area contributed by atoms with E-state index in [2.05, 4.69) is 13.8 Å². The minimum Gasteiger partial charge on any atom is -0.484 e. The third-order valence-corrected chi connectivity index (χ3v) is 6.30. The number of hydrogen-bond donors (Lipinski definition) is 0. The van der Waals surface area contributed by atoms with Gasteiger partial charge < -0.3 is 9.64 Å². The van der Waals surface area contributed by atoms with Crippen molar-refractivity contribution in [3.8, 4) is 5.75 Å². The van der Waals surface area contributed by atoms with Gasteiger partial charge in [0.1, 0.15) is 17.4 Å². The molecule has 7 nitrogen and oxygen atoms in total. The molecule has 2 amide bonds. The highest BCUT2D eigenvalue weighted by atomic mass is 16.5. The summed E-state index contributed by atoms with van der Waals surface area (Å²) in [4.78, 5) is 38.6. The minimum atomic E-state index is -0.0280. The average Bonchev–Trinajstić information content (AvgIpc) is 3.27. The van der Waals surface area contributed by atoms with E-state index in [1.807, 2.05) is 47.1 Å². The van der Waals surface area contributed by atoms with E-state index in [0.29, 0.717) is 44.1 Å². The van der Waals surface area contributed by atoms with Crippen LogP contribution in [-0.2, 0) is 16.0 Å². The van der Waals surface area contributed by atoms with Crippen molar-refractivity contribution >= 4 is 17.6 Å². The smallest absolute Gasteiger partial charge is 0.260 e. The van der Waals surface area contributed by atoms with Gasteiger partial charge in [0.25, 0.3) is 5.91 Å². The Labute approximate surface area is 189 Å². The van der Waals surface area contributed by atoms with Crippen molar-refractivity contribution in [3.63, 3.8) is 0 Å². The number of para-hydroxylation sites is 1. The number of aromatic nitrogens is 2. The van der Waals surface area contributed by atoms with E-state index >= 15 is 0 Å². The van der Waals surface area contributed by atoms with Crippen molar-refractivity contribution in [3.05, 3.63) is 47.4 Å². The standard InChI is InChI=1S/C25H32N4O3/c1-17(2)11-14-29-22(30)10-9-21-18(3)26-24(27-25(21)29)19-12-13-28(15-19)23(31)16-32-20-7-5-4-6-8-20/h4-8,17,19H,9-16H2,1-3H3/t19-/m0/s1. The lowest BCUT2D eigenvalue weighted by Gasteiger charge is -2.30. The Kier molecular flexibility index (Phi) is 6.72. The van der Waals surface area contributed by atoms with Crippen molar-refractivity contribution in [1.29, 1.82) is 0 Å². The quantitative estimate of drug-likeness (QED) is 0.664. The molecule has 2 aliphatic rings. The molecule has 0 spiro atoms. The Hall–Kier alpha value is -2.96. The van der Waals surface area contributed by atoms with Gasteiger partial charge in [-0.25, -0.2) is 9.97 Å². The lowest BCUT2D eigenvalue weighted by atomic mass is 10.0. The average molecular weight is 437 g/mol. The fourth-order valence-electron chi connectivity index (χ4n) is 4.35. The summed E-state index contributed by atoms with van der Waals surface area (Å²) in [7, 11) is 0. The number of carbonyl (C=O) groups is 2. The fourth-order valence-corrected chi connectivity index (χ4v) is 4.35. The normalized spacial score (nSPS) is 18.2. The van der Waals surface area contributed by atoms with Gasteiger partial charge in [-0.2, -0.15) is 0 Å². The predicted molar refractivity (Wildman–Crippen MR) is 123 cm³/mol. The Bertz CT molecular complexity index is 977. The van der Waals surface area contributed by atoms with E-state index in [0.717, 1.165) is 35.7 Å². The van der Waals surface area contributed by atoms with Gasteiger partial charge in [-0.3, -0.25) is 14.5 Å². The van der Waals surface area contributed by atoms with Crippen molar-refractivity contribution < 1.29 is 14.3 Å². The van der Waals surface area contributed by atoms with Crippen molar-refractivity contribution in [1.82, 2.24) is 14.9 Å². The molecule has 0 saturated carbocycles. The number of benzene rings is 1. The predicted octanol–water partition coefficient (Wildman–Crippen LogP) is 3.51. The van der Waals surface area contributed by atoms with Crippen LogP contribution in [-0.4, -0.2) is 52.9 Å². The first kappa shape index (κ1) is 22.2. The van der Waals surface area contributed by atoms with Crippen LogP contribution in [0.5, 0.6) is 5.75 Å². The van der Waals surface area contributed by atoms with Gasteiger partial charge in [0.15, 0.2) is 6.61 Å². The zero-order valence-corrected chi connectivity index (χ0v) is 19.2. The molecule has 1 aromatic carbocycles. The fraction of sp³-hybridized carbons (Fsp3) is 0.520. The van der Waals surface area contributed by atoms with Crippen LogP contribution in [0.4, 0.5) is 5.82 Å². The maximum atomic E-state index is 12.6. The minimum absolute atomic E-state index is 0.0261. The number of likely N-dealkylation sites (tertiary alicyclic amines) is 1. The van der Waals surface area contributed by atoms with E-state index in [1.165, 1.54) is 0 Å². The molecule has 170 valence electrons. The molecule has 0 unspecified atom stereocenters. The molecule has 32 heavy (non-hydrogen) atoms. The van der Waals surface area contributed by atoms with E-state index < -0.39 is 0 Å². The molecular formula is C25H32N4O3. The highest BCUT2D eigenvalue weighted by molar-refractivity contribution is 5.95. The zero-order chi connectivity index (χ0) is 22.7. The first-order valence-corrected chi connectivity index (χ1v) is 11.6. The van der Waals surface area contributed by atoms with Crippen molar-refractivity contribution in [2.75, 3.05) is 31.1 Å². The summed E-state index contributed by atoms with van der Waals surface area (Å²) in [6, 6.07) is 9.37. The van der Waals surface area contributed by atoms with Crippen LogP contribution >= 0.6 is 0 Å². The Morgan fingerprint density at radius 2 is 1.97 bits per heavy atom. The van der Waals surface area contributed by atoms with Crippen molar-refractivity contribution in [2.24, 2.45) is 5.92 Å². The summed E-state index contributed by atoms with van der Waals surface area (Å²) in [5.41, 5.74) is 2.03. The summed E-state index contributed by atoms with van der Waals surface area (Å²) < 4.78 is 5.62. The second kappa shape index (κ2) is 9.67. The third-order valence-electron chi connectivity index (χ3n) is 6.30. The maximum Gasteiger partial charge on any atom is 0.260 e. The summed E-state index contributed by atoms with van der Waals surface area (Å²) in [6.45, 7) is 8.29. The number of nitrogens with zero attached hydrogens (tertiary/aromatic N) is 4. The highest BCUT2D eigenvalue weighted by Crippen LogP contribution is 2.32. The molecule has 7 heteroatoms. The number of amides is 2. The van der Waals surface area contributed by atoms with Gasteiger partial charge in [0, 0.05) is 43.2 Å². The molecule has 0 aliphatic carbocycles. The van der Waals surface area contributed by atoms with Crippen LogP contribution < -0.4 is 9.64 Å². The van der Waals surface area contributed by atoms with Gasteiger partial charge in [0.2, 0.25) is 5.91 Å². The van der Waals surface area contributed by atoms with Gasteiger partial charge in [-0.15, -0.1) is 0 Å². The molecule has 2 aromatic rings. The Morgan fingerprint density at radius 1 is 1.19 bits per heavy atom. The van der Waals surface area contributed by atoms with E-state index in [4.69, 9.17) is 14.7 Å². The summed E-state index contributed by atoms with van der Waals surface area (Å²) in [5, 5.41) is 0. The Morgan fingerprint density at radius 3 is 2.72 bits per heavy atom. The largest absolute Gasteiger partial charge is 0.484 e. The van der Waals surface area contributed by atoms with Crippen LogP contribution in [0.25, 0.3) is 0 Å². The van der Waals surface area contributed by atoms with Crippen molar-refractivity contribution in [2.45, 2.75) is 52.4 Å². The second-order valence-corrected chi connectivity index (χ2v) is 9.12. The molecule has 1 saturated heterocycles. The molecule has 1 atom stereocenters. The van der Waals surface area contributed by atoms with E-state index in [-0.39, 0.29) is 24.3 Å². The molecule has 0 bridgehead atoms. The van der Waals surface area contributed by atoms with Gasteiger partial charge in [-0.1, -0.05) is 32.0 Å². The molecule has 2 aliphatic heterocycles. The SMILES string of the molecule is Cc1nc([C@H]2CCN(C(=O)COc3ccccc3)C2)nc2c1CCC(=O)N2CCC(C)C. The molecule has 4 rings (SSSR count). The molecule has 1 aromatic heterocycles. The van der Waals surface area contributed by atoms with Gasteiger partial charge >= 0.3 is 0 Å². The van der Waals surface area contributed by atoms with Crippen LogP contribution in [0.2, 0.25) is 0 Å². The maximum absolute atomic E-state index is 12.6. The third kappa shape index (κ3) is 4.92. The van der Waals surface area contributed by atoms with Crippen LogP contribution in [0, 0.1) is 12.8 Å². The number of rotatable bonds is 7. The van der Waals surface area contributed by atoms with Crippen LogP contribution in [0.1, 0.15) is 56.1 Å². The zero-order valence-electron chi connectivity index (χ0n) is 19.2.